The Kier molecular flexibility index (Phi) is 3.40. The fourth-order valence-electron chi connectivity index (χ4n) is 2.05. The van der Waals surface area contributed by atoms with Gasteiger partial charge in [-0.3, -0.25) is 14.9 Å². The first-order valence-corrected chi connectivity index (χ1v) is 5.94. The highest BCUT2D eigenvalue weighted by atomic mass is 35.5. The second-order valence-corrected chi connectivity index (χ2v) is 4.57. The molecule has 1 aromatic heterocycles. The molecule has 0 radical (unpaired) electrons. The van der Waals surface area contributed by atoms with E-state index in [1.54, 1.807) is 38.1 Å². The Labute approximate surface area is 114 Å². The summed E-state index contributed by atoms with van der Waals surface area (Å²) in [6.07, 6.45) is 0. The smallest absolute Gasteiger partial charge is 0.301 e. The largest absolute Gasteiger partial charge is 0.356 e. The van der Waals surface area contributed by atoms with Crippen LogP contribution in [0.25, 0.3) is 0 Å². The van der Waals surface area contributed by atoms with Crippen LogP contribution >= 0.6 is 11.6 Å². The van der Waals surface area contributed by atoms with E-state index in [0.29, 0.717) is 11.4 Å². The van der Waals surface area contributed by atoms with Crippen LogP contribution < -0.4 is 0 Å². The van der Waals surface area contributed by atoms with Gasteiger partial charge in [-0.05, 0) is 26.0 Å². The second-order valence-electron chi connectivity index (χ2n) is 4.16. The normalized spacial score (nSPS) is 10.5. The van der Waals surface area contributed by atoms with Crippen molar-refractivity contribution in [1.82, 2.24) is 4.98 Å². The predicted octanol–water partition coefficient (Wildman–Crippen LogP) is 3.42. The summed E-state index contributed by atoms with van der Waals surface area (Å²) in [5.41, 5.74) is 0.958. The minimum atomic E-state index is -0.553. The number of nitrogens with one attached hydrogen (secondary N) is 1. The van der Waals surface area contributed by atoms with Crippen molar-refractivity contribution in [3.8, 4) is 0 Å². The van der Waals surface area contributed by atoms with E-state index in [9.17, 15) is 14.9 Å². The molecule has 98 valence electrons. The first-order chi connectivity index (χ1) is 8.93. The molecule has 6 heteroatoms. The molecular weight excluding hydrogens is 268 g/mol. The molecule has 0 unspecified atom stereocenters. The lowest BCUT2D eigenvalue weighted by Gasteiger charge is -2.02. The van der Waals surface area contributed by atoms with Gasteiger partial charge in [-0.15, -0.1) is 0 Å². The van der Waals surface area contributed by atoms with Crippen molar-refractivity contribution in [3.63, 3.8) is 0 Å². The average molecular weight is 279 g/mol. The van der Waals surface area contributed by atoms with E-state index in [2.05, 4.69) is 4.98 Å². The fourth-order valence-corrected chi connectivity index (χ4v) is 2.28. The lowest BCUT2D eigenvalue weighted by molar-refractivity contribution is -0.385. The number of H-pyrrole nitrogens is 1. The van der Waals surface area contributed by atoms with Gasteiger partial charge < -0.3 is 4.98 Å². The number of halogens is 1. The number of aromatic amines is 1. The summed E-state index contributed by atoms with van der Waals surface area (Å²) in [7, 11) is 0. The third-order valence-electron chi connectivity index (χ3n) is 2.87. The number of aromatic nitrogens is 1. The number of hydrogen-bond donors (Lipinski definition) is 1. The van der Waals surface area contributed by atoms with Crippen LogP contribution in [0.3, 0.4) is 0 Å². The maximum Gasteiger partial charge on any atom is 0.301 e. The first-order valence-electron chi connectivity index (χ1n) is 5.56. The molecule has 2 rings (SSSR count). The van der Waals surface area contributed by atoms with Gasteiger partial charge in [0.2, 0.25) is 5.78 Å². The number of nitro groups is 1. The molecule has 1 N–H and O–H groups in total. The zero-order valence-corrected chi connectivity index (χ0v) is 11.1. The fraction of sp³-hybridized carbons (Fsp3) is 0.154. The molecule has 0 saturated carbocycles. The summed E-state index contributed by atoms with van der Waals surface area (Å²) in [4.78, 5) is 25.8. The number of aryl methyl sites for hydroxylation is 2. The van der Waals surface area contributed by atoms with Crippen molar-refractivity contribution >= 4 is 23.1 Å². The topological polar surface area (TPSA) is 76.0 Å². The van der Waals surface area contributed by atoms with Crippen molar-refractivity contribution in [2.24, 2.45) is 0 Å². The molecule has 0 spiro atoms. The molecule has 0 saturated heterocycles. The van der Waals surface area contributed by atoms with Gasteiger partial charge in [0.25, 0.3) is 0 Å². The van der Waals surface area contributed by atoms with E-state index < -0.39 is 10.7 Å². The van der Waals surface area contributed by atoms with Crippen LogP contribution in [0.15, 0.2) is 24.3 Å². The molecule has 1 aromatic carbocycles. The molecule has 0 aliphatic carbocycles. The lowest BCUT2D eigenvalue weighted by Crippen LogP contribution is -2.06. The zero-order chi connectivity index (χ0) is 14.2. The van der Waals surface area contributed by atoms with Gasteiger partial charge >= 0.3 is 5.69 Å². The van der Waals surface area contributed by atoms with E-state index in [-0.39, 0.29) is 21.8 Å². The van der Waals surface area contributed by atoms with E-state index in [1.807, 2.05) is 0 Å². The summed E-state index contributed by atoms with van der Waals surface area (Å²) in [5.74, 6) is -0.445. The van der Waals surface area contributed by atoms with Crippen LogP contribution in [0.4, 0.5) is 5.69 Å². The highest BCUT2D eigenvalue weighted by Crippen LogP contribution is 2.30. The summed E-state index contributed by atoms with van der Waals surface area (Å²) < 4.78 is 0. The number of benzene rings is 1. The van der Waals surface area contributed by atoms with Crippen LogP contribution in [-0.2, 0) is 0 Å². The van der Waals surface area contributed by atoms with Crippen molar-refractivity contribution in [2.45, 2.75) is 13.8 Å². The van der Waals surface area contributed by atoms with Crippen LogP contribution in [0.2, 0.25) is 5.02 Å². The maximum atomic E-state index is 12.4. The predicted molar refractivity (Wildman–Crippen MR) is 71.8 cm³/mol. The second kappa shape index (κ2) is 4.85. The quantitative estimate of drug-likeness (QED) is 0.531. The highest BCUT2D eigenvalue weighted by Gasteiger charge is 2.29. The van der Waals surface area contributed by atoms with E-state index in [1.165, 1.54) is 0 Å². The van der Waals surface area contributed by atoms with Gasteiger partial charge in [0, 0.05) is 11.3 Å². The van der Waals surface area contributed by atoms with Gasteiger partial charge in [-0.1, -0.05) is 23.7 Å². The summed E-state index contributed by atoms with van der Waals surface area (Å²) in [5, 5.41) is 11.4. The van der Waals surface area contributed by atoms with Gasteiger partial charge in [-0.25, -0.2) is 0 Å². The molecule has 1 heterocycles. The van der Waals surface area contributed by atoms with Gasteiger partial charge in [0.1, 0.15) is 5.56 Å². The summed E-state index contributed by atoms with van der Waals surface area (Å²) in [6.45, 7) is 3.19. The van der Waals surface area contributed by atoms with Crippen LogP contribution in [0.1, 0.15) is 27.3 Å². The Balaban J connectivity index is 2.63. The monoisotopic (exact) mass is 278 g/mol. The number of carbonyl (C=O) groups excluding carboxylic acids is 1. The third kappa shape index (κ3) is 2.24. The lowest BCUT2D eigenvalue weighted by atomic mass is 10.0. The van der Waals surface area contributed by atoms with Gasteiger partial charge in [0.15, 0.2) is 0 Å². The van der Waals surface area contributed by atoms with Crippen molar-refractivity contribution < 1.29 is 9.72 Å². The summed E-state index contributed by atoms with van der Waals surface area (Å²) >= 11 is 5.96. The van der Waals surface area contributed by atoms with Crippen LogP contribution in [0.5, 0.6) is 0 Å². The number of hydrogen-bond acceptors (Lipinski definition) is 3. The summed E-state index contributed by atoms with van der Waals surface area (Å²) in [6, 6.07) is 6.49. The Morgan fingerprint density at radius 1 is 1.26 bits per heavy atom. The molecule has 19 heavy (non-hydrogen) atoms. The maximum absolute atomic E-state index is 12.4. The molecule has 0 amide bonds. The molecule has 2 aromatic rings. The van der Waals surface area contributed by atoms with Crippen molar-refractivity contribution in [1.29, 1.82) is 0 Å². The van der Waals surface area contributed by atoms with E-state index in [4.69, 9.17) is 11.6 Å². The molecular formula is C13H11ClN2O3. The molecule has 0 aliphatic rings. The van der Waals surface area contributed by atoms with Gasteiger partial charge in [-0.2, -0.15) is 0 Å². The Morgan fingerprint density at radius 2 is 1.89 bits per heavy atom. The standard InChI is InChI=1S/C13H11ClN2O3/c1-7-11(12(16(18)19)8(2)15-7)13(17)9-5-3-4-6-10(9)14/h3-6,15H,1-2H3. The number of carbonyl (C=O) groups is 1. The molecule has 0 bridgehead atoms. The highest BCUT2D eigenvalue weighted by molar-refractivity contribution is 6.35. The molecule has 0 aliphatic heterocycles. The van der Waals surface area contributed by atoms with Crippen molar-refractivity contribution in [2.75, 3.05) is 0 Å². The van der Waals surface area contributed by atoms with E-state index >= 15 is 0 Å². The molecule has 0 fully saturated rings. The Bertz CT molecular complexity index is 677. The Morgan fingerprint density at radius 3 is 2.47 bits per heavy atom. The minimum absolute atomic E-state index is 0.0654. The van der Waals surface area contributed by atoms with Crippen molar-refractivity contribution in [3.05, 3.63) is 61.9 Å². The van der Waals surface area contributed by atoms with Crippen LogP contribution in [0, 0.1) is 24.0 Å². The minimum Gasteiger partial charge on any atom is -0.356 e. The van der Waals surface area contributed by atoms with Crippen LogP contribution in [-0.4, -0.2) is 15.7 Å². The number of rotatable bonds is 3. The average Bonchev–Trinajstić information content (AvgIpc) is 2.64. The molecule has 0 atom stereocenters. The van der Waals surface area contributed by atoms with Gasteiger partial charge in [0.05, 0.1) is 15.6 Å². The number of nitrogens with zero attached hydrogens (tertiary/aromatic N) is 1. The number of ketones is 1. The van der Waals surface area contributed by atoms with E-state index in [0.717, 1.165) is 0 Å². The Hall–Kier alpha value is -2.14. The zero-order valence-electron chi connectivity index (χ0n) is 10.4. The first kappa shape index (κ1) is 13.3. The third-order valence-corrected chi connectivity index (χ3v) is 3.20. The SMILES string of the molecule is Cc1[nH]c(C)c([N+](=O)[O-])c1C(=O)c1ccccc1Cl. The molecule has 5 nitrogen and oxygen atoms in total.